The summed E-state index contributed by atoms with van der Waals surface area (Å²) in [6.45, 7) is 3.24. The number of hydrogen-bond acceptors (Lipinski definition) is 8. The third kappa shape index (κ3) is 4.28. The smallest absolute Gasteiger partial charge is 0.337 e. The normalized spacial score (nSPS) is 11.0. The third-order valence-electron chi connectivity index (χ3n) is 3.54. The summed E-state index contributed by atoms with van der Waals surface area (Å²) in [4.78, 5) is 22.4. The molecule has 0 aliphatic rings. The molecule has 2 heterocycles. The molecule has 0 fully saturated rings. The molecule has 130 valence electrons. The molecule has 25 heavy (non-hydrogen) atoms. The van der Waals surface area contributed by atoms with Gasteiger partial charge < -0.3 is 9.26 Å². The average Bonchev–Trinajstić information content (AvgIpc) is 3.23. The van der Waals surface area contributed by atoms with Gasteiger partial charge in [-0.2, -0.15) is 4.98 Å². The summed E-state index contributed by atoms with van der Waals surface area (Å²) in [5.41, 5.74) is 2.29. The van der Waals surface area contributed by atoms with E-state index in [9.17, 15) is 4.79 Å². The van der Waals surface area contributed by atoms with Gasteiger partial charge in [0.25, 0.3) is 0 Å². The molecule has 2 aromatic heterocycles. The molecule has 0 saturated heterocycles. The molecule has 0 bridgehead atoms. The van der Waals surface area contributed by atoms with Crippen molar-refractivity contribution in [2.24, 2.45) is 0 Å². The van der Waals surface area contributed by atoms with Crippen molar-refractivity contribution in [2.75, 3.05) is 14.2 Å². The Morgan fingerprint density at radius 2 is 2.00 bits per heavy atom. The Balaban J connectivity index is 1.64. The minimum absolute atomic E-state index is 0.376. The second kappa shape index (κ2) is 7.54. The van der Waals surface area contributed by atoms with Gasteiger partial charge in [0, 0.05) is 17.5 Å². The van der Waals surface area contributed by atoms with Crippen LogP contribution in [0.15, 0.2) is 34.2 Å². The fourth-order valence-electron chi connectivity index (χ4n) is 2.35. The standard InChI is InChI=1S/C17H18N4O3S/c1-11-18-14(10-25-11)8-21(2)9-15-19-16(20-24-15)12-4-6-13(7-5-12)17(22)23-3/h4-7,10H,8-9H2,1-3H3. The molecule has 1 aromatic carbocycles. The summed E-state index contributed by atoms with van der Waals surface area (Å²) < 4.78 is 10.0. The lowest BCUT2D eigenvalue weighted by Gasteiger charge is -2.11. The predicted molar refractivity (Wildman–Crippen MR) is 93.1 cm³/mol. The largest absolute Gasteiger partial charge is 0.465 e. The highest BCUT2D eigenvalue weighted by Gasteiger charge is 2.13. The highest BCUT2D eigenvalue weighted by atomic mass is 32.1. The van der Waals surface area contributed by atoms with E-state index in [1.54, 1.807) is 35.6 Å². The first-order valence-corrected chi connectivity index (χ1v) is 8.54. The van der Waals surface area contributed by atoms with Crippen molar-refractivity contribution in [3.8, 4) is 11.4 Å². The van der Waals surface area contributed by atoms with E-state index in [0.29, 0.717) is 23.8 Å². The number of carbonyl (C=O) groups is 1. The van der Waals surface area contributed by atoms with Crippen LogP contribution in [0.1, 0.15) is 27.0 Å². The molecule has 0 aliphatic carbocycles. The SMILES string of the molecule is COC(=O)c1ccc(-c2noc(CN(C)Cc3csc(C)n3)n2)cc1. The average molecular weight is 358 g/mol. The minimum atomic E-state index is -0.376. The quantitative estimate of drug-likeness (QED) is 0.627. The Morgan fingerprint density at radius 1 is 1.24 bits per heavy atom. The number of methoxy groups -OCH3 is 1. The molecular weight excluding hydrogens is 340 g/mol. The van der Waals surface area contributed by atoms with Gasteiger partial charge >= 0.3 is 5.97 Å². The van der Waals surface area contributed by atoms with Gasteiger partial charge in [-0.25, -0.2) is 9.78 Å². The van der Waals surface area contributed by atoms with Crippen LogP contribution in [0.5, 0.6) is 0 Å². The van der Waals surface area contributed by atoms with Crippen molar-refractivity contribution < 1.29 is 14.1 Å². The van der Waals surface area contributed by atoms with Gasteiger partial charge in [-0.05, 0) is 26.1 Å². The van der Waals surface area contributed by atoms with Gasteiger partial charge in [0.2, 0.25) is 11.7 Å². The maximum atomic E-state index is 11.5. The van der Waals surface area contributed by atoms with Crippen LogP contribution in [0.25, 0.3) is 11.4 Å². The Bertz CT molecular complexity index is 857. The van der Waals surface area contributed by atoms with Gasteiger partial charge in [0.05, 0.1) is 29.9 Å². The van der Waals surface area contributed by atoms with Gasteiger partial charge in [-0.15, -0.1) is 11.3 Å². The van der Waals surface area contributed by atoms with E-state index in [1.165, 1.54) is 7.11 Å². The van der Waals surface area contributed by atoms with E-state index < -0.39 is 0 Å². The molecule has 7 nitrogen and oxygen atoms in total. The Morgan fingerprint density at radius 3 is 2.64 bits per heavy atom. The number of ether oxygens (including phenoxy) is 1. The zero-order valence-electron chi connectivity index (χ0n) is 14.2. The van der Waals surface area contributed by atoms with Crippen LogP contribution in [0.4, 0.5) is 0 Å². The molecular formula is C17H18N4O3S. The van der Waals surface area contributed by atoms with Crippen molar-refractivity contribution in [3.63, 3.8) is 0 Å². The second-order valence-corrected chi connectivity index (χ2v) is 6.67. The molecule has 0 radical (unpaired) electrons. The van der Waals surface area contributed by atoms with Crippen molar-refractivity contribution in [1.82, 2.24) is 20.0 Å². The summed E-state index contributed by atoms with van der Waals surface area (Å²) >= 11 is 1.64. The highest BCUT2D eigenvalue weighted by Crippen LogP contribution is 2.18. The van der Waals surface area contributed by atoms with Crippen LogP contribution in [0, 0.1) is 6.92 Å². The van der Waals surface area contributed by atoms with Crippen molar-refractivity contribution >= 4 is 17.3 Å². The van der Waals surface area contributed by atoms with Gasteiger partial charge in [0.15, 0.2) is 0 Å². The van der Waals surface area contributed by atoms with Crippen LogP contribution in [0.3, 0.4) is 0 Å². The van der Waals surface area contributed by atoms with Crippen LogP contribution in [-0.4, -0.2) is 40.2 Å². The summed E-state index contributed by atoms with van der Waals surface area (Å²) in [7, 11) is 3.33. The summed E-state index contributed by atoms with van der Waals surface area (Å²) in [5, 5.41) is 7.11. The first-order valence-electron chi connectivity index (χ1n) is 7.66. The Kier molecular flexibility index (Phi) is 5.20. The lowest BCUT2D eigenvalue weighted by molar-refractivity contribution is 0.0601. The van der Waals surface area contributed by atoms with Crippen molar-refractivity contribution in [3.05, 3.63) is 51.8 Å². The zero-order valence-corrected chi connectivity index (χ0v) is 15.0. The molecule has 0 aliphatic heterocycles. The van der Waals surface area contributed by atoms with E-state index >= 15 is 0 Å². The monoisotopic (exact) mass is 358 g/mol. The first-order chi connectivity index (χ1) is 12.0. The topological polar surface area (TPSA) is 81.4 Å². The number of carbonyl (C=O) groups excluding carboxylic acids is 1. The zero-order chi connectivity index (χ0) is 17.8. The van der Waals surface area contributed by atoms with Crippen LogP contribution in [-0.2, 0) is 17.8 Å². The van der Waals surface area contributed by atoms with Gasteiger partial charge in [-0.1, -0.05) is 17.3 Å². The molecule has 0 atom stereocenters. The minimum Gasteiger partial charge on any atom is -0.465 e. The van der Waals surface area contributed by atoms with Crippen molar-refractivity contribution in [1.29, 1.82) is 0 Å². The first kappa shape index (κ1) is 17.2. The number of benzene rings is 1. The van der Waals surface area contributed by atoms with E-state index in [1.807, 2.05) is 19.4 Å². The third-order valence-corrected chi connectivity index (χ3v) is 4.36. The Hall–Kier alpha value is -2.58. The number of aromatic nitrogens is 3. The van der Waals surface area contributed by atoms with Crippen LogP contribution in [0.2, 0.25) is 0 Å². The molecule has 0 amide bonds. The molecule has 3 rings (SSSR count). The molecule has 3 aromatic rings. The fourth-order valence-corrected chi connectivity index (χ4v) is 2.96. The number of aryl methyl sites for hydroxylation is 1. The molecule has 0 saturated carbocycles. The molecule has 0 unspecified atom stereocenters. The fraction of sp³-hybridized carbons (Fsp3) is 0.294. The number of thiazole rings is 1. The number of hydrogen-bond donors (Lipinski definition) is 0. The predicted octanol–water partition coefficient (Wildman–Crippen LogP) is 2.92. The van der Waals surface area contributed by atoms with Crippen molar-refractivity contribution in [2.45, 2.75) is 20.0 Å². The van der Waals surface area contributed by atoms with E-state index in [2.05, 4.69) is 24.8 Å². The number of nitrogens with zero attached hydrogens (tertiary/aromatic N) is 4. The van der Waals surface area contributed by atoms with E-state index in [0.717, 1.165) is 22.8 Å². The number of rotatable bonds is 6. The van der Waals surface area contributed by atoms with Crippen LogP contribution >= 0.6 is 11.3 Å². The maximum absolute atomic E-state index is 11.5. The highest BCUT2D eigenvalue weighted by molar-refractivity contribution is 7.09. The Labute approximate surface area is 149 Å². The maximum Gasteiger partial charge on any atom is 0.337 e. The second-order valence-electron chi connectivity index (χ2n) is 5.61. The van der Waals surface area contributed by atoms with Crippen LogP contribution < -0.4 is 0 Å². The summed E-state index contributed by atoms with van der Waals surface area (Å²) in [6, 6.07) is 6.88. The summed E-state index contributed by atoms with van der Waals surface area (Å²) in [6.07, 6.45) is 0. The van der Waals surface area contributed by atoms with Gasteiger partial charge in [-0.3, -0.25) is 4.90 Å². The number of esters is 1. The molecule has 0 spiro atoms. The van der Waals surface area contributed by atoms with E-state index in [4.69, 9.17) is 4.52 Å². The van der Waals surface area contributed by atoms with Gasteiger partial charge in [0.1, 0.15) is 0 Å². The molecule has 8 heteroatoms. The lowest BCUT2D eigenvalue weighted by atomic mass is 10.1. The molecule has 0 N–H and O–H groups in total. The lowest BCUT2D eigenvalue weighted by Crippen LogP contribution is -2.17. The van der Waals surface area contributed by atoms with E-state index in [-0.39, 0.29) is 5.97 Å². The summed E-state index contributed by atoms with van der Waals surface area (Å²) in [5.74, 6) is 0.644.